The van der Waals surface area contributed by atoms with Crippen molar-refractivity contribution in [3.63, 3.8) is 0 Å². The zero-order chi connectivity index (χ0) is 14.6. The maximum Gasteiger partial charge on any atom is 0.0543 e. The number of hydrogen-bond donors (Lipinski definition) is 2. The van der Waals surface area contributed by atoms with E-state index in [0.717, 1.165) is 16.7 Å². The van der Waals surface area contributed by atoms with Crippen molar-refractivity contribution in [1.82, 2.24) is 0 Å². The Morgan fingerprint density at radius 2 is 1.90 bits per heavy atom. The van der Waals surface area contributed by atoms with Crippen LogP contribution in [-0.2, 0) is 11.8 Å². The predicted octanol–water partition coefficient (Wildman–Crippen LogP) is 3.08. The summed E-state index contributed by atoms with van der Waals surface area (Å²) in [5.74, 6) is 0. The van der Waals surface area contributed by atoms with Gasteiger partial charge in [0.25, 0.3) is 0 Å². The molecule has 0 bridgehead atoms. The first-order valence-corrected chi connectivity index (χ1v) is 7.10. The molecule has 0 saturated heterocycles. The van der Waals surface area contributed by atoms with E-state index in [-0.39, 0.29) is 6.61 Å². The molecule has 0 aliphatic heterocycles. The van der Waals surface area contributed by atoms with Crippen molar-refractivity contribution in [2.24, 2.45) is 5.73 Å². The Hall–Kier alpha value is -1.35. The molecule has 2 aromatic rings. The molecule has 2 aromatic carbocycles. The van der Waals surface area contributed by atoms with Gasteiger partial charge in [-0.2, -0.15) is 0 Å². The van der Waals surface area contributed by atoms with Crippen LogP contribution < -0.4 is 5.73 Å². The zero-order valence-electron chi connectivity index (χ0n) is 11.6. The van der Waals surface area contributed by atoms with Crippen molar-refractivity contribution in [3.05, 3.63) is 70.2 Å². The van der Waals surface area contributed by atoms with Crippen molar-refractivity contribution in [2.75, 3.05) is 13.2 Å². The van der Waals surface area contributed by atoms with Gasteiger partial charge in [0.15, 0.2) is 0 Å². The molecule has 20 heavy (non-hydrogen) atoms. The fourth-order valence-corrected chi connectivity index (χ4v) is 2.69. The van der Waals surface area contributed by atoms with Gasteiger partial charge < -0.3 is 10.8 Å². The molecule has 0 aliphatic carbocycles. The lowest BCUT2D eigenvalue weighted by Crippen LogP contribution is -2.41. The minimum absolute atomic E-state index is 0.00181. The van der Waals surface area contributed by atoms with E-state index in [2.05, 4.69) is 6.07 Å². The van der Waals surface area contributed by atoms with Crippen LogP contribution in [0.25, 0.3) is 0 Å². The normalized spacial score (nSPS) is 14.0. The van der Waals surface area contributed by atoms with Gasteiger partial charge in [-0.05, 0) is 30.5 Å². The highest BCUT2D eigenvalue weighted by Gasteiger charge is 2.31. The summed E-state index contributed by atoms with van der Waals surface area (Å²) < 4.78 is 0. The van der Waals surface area contributed by atoms with E-state index in [1.165, 1.54) is 0 Å². The number of benzene rings is 2. The Bertz CT molecular complexity index is 579. The van der Waals surface area contributed by atoms with Crippen molar-refractivity contribution < 1.29 is 5.11 Å². The topological polar surface area (TPSA) is 46.2 Å². The van der Waals surface area contributed by atoms with Gasteiger partial charge in [-0.25, -0.2) is 0 Å². The third kappa shape index (κ3) is 3.04. The van der Waals surface area contributed by atoms with Crippen LogP contribution >= 0.6 is 11.6 Å². The number of hydrogen-bond acceptors (Lipinski definition) is 2. The number of aliphatic hydroxyl groups is 1. The van der Waals surface area contributed by atoms with Crippen LogP contribution in [0, 0.1) is 6.92 Å². The summed E-state index contributed by atoms with van der Waals surface area (Å²) in [6.45, 7) is 2.41. The smallest absolute Gasteiger partial charge is 0.0543 e. The summed E-state index contributed by atoms with van der Waals surface area (Å²) in [6.07, 6.45) is 0.628. The Morgan fingerprint density at radius 1 is 1.15 bits per heavy atom. The predicted molar refractivity (Wildman–Crippen MR) is 84.2 cm³/mol. The number of halogens is 1. The van der Waals surface area contributed by atoms with E-state index in [4.69, 9.17) is 17.3 Å². The Kier molecular flexibility index (Phi) is 4.81. The molecule has 0 aromatic heterocycles. The number of aryl methyl sites for hydroxylation is 1. The zero-order valence-corrected chi connectivity index (χ0v) is 12.4. The Balaban J connectivity index is 2.42. The lowest BCUT2D eigenvalue weighted by molar-refractivity contribution is 0.196. The Morgan fingerprint density at radius 3 is 2.50 bits per heavy atom. The van der Waals surface area contributed by atoms with Gasteiger partial charge >= 0.3 is 0 Å². The quantitative estimate of drug-likeness (QED) is 0.888. The van der Waals surface area contributed by atoms with Gasteiger partial charge in [0.1, 0.15) is 0 Å². The second kappa shape index (κ2) is 6.40. The van der Waals surface area contributed by atoms with Gasteiger partial charge in [-0.1, -0.05) is 59.6 Å². The first-order valence-electron chi connectivity index (χ1n) is 6.73. The molecule has 0 fully saturated rings. The minimum atomic E-state index is -0.489. The van der Waals surface area contributed by atoms with E-state index in [1.807, 2.05) is 49.4 Å². The molecule has 1 atom stereocenters. The van der Waals surface area contributed by atoms with Crippen LogP contribution in [-0.4, -0.2) is 18.3 Å². The van der Waals surface area contributed by atoms with Gasteiger partial charge in [0, 0.05) is 17.0 Å². The molecule has 106 valence electrons. The highest BCUT2D eigenvalue weighted by molar-refractivity contribution is 6.31. The molecule has 1 unspecified atom stereocenters. The van der Waals surface area contributed by atoms with Gasteiger partial charge in [-0.3, -0.25) is 0 Å². The average molecular weight is 290 g/mol. The van der Waals surface area contributed by atoms with E-state index < -0.39 is 5.41 Å². The number of aliphatic hydroxyl groups excluding tert-OH is 1. The summed E-state index contributed by atoms with van der Waals surface area (Å²) in [5, 5.41) is 10.7. The third-order valence-corrected chi connectivity index (χ3v) is 4.18. The molecular formula is C17H20ClNO. The second-order valence-corrected chi connectivity index (χ2v) is 5.69. The molecule has 0 radical (unpaired) electrons. The molecule has 0 amide bonds. The van der Waals surface area contributed by atoms with Crippen LogP contribution in [0.15, 0.2) is 48.5 Å². The van der Waals surface area contributed by atoms with Crippen LogP contribution in [0.5, 0.6) is 0 Å². The molecule has 2 nitrogen and oxygen atoms in total. The van der Waals surface area contributed by atoms with E-state index >= 15 is 0 Å². The van der Waals surface area contributed by atoms with E-state index in [9.17, 15) is 5.11 Å². The molecule has 0 heterocycles. The second-order valence-electron chi connectivity index (χ2n) is 5.28. The summed E-state index contributed by atoms with van der Waals surface area (Å²) in [7, 11) is 0. The molecule has 0 saturated carbocycles. The monoisotopic (exact) mass is 289 g/mol. The van der Waals surface area contributed by atoms with Crippen LogP contribution in [0.3, 0.4) is 0 Å². The minimum Gasteiger partial charge on any atom is -0.395 e. The molecule has 0 spiro atoms. The van der Waals surface area contributed by atoms with Gasteiger partial charge in [0.05, 0.1) is 6.61 Å². The van der Waals surface area contributed by atoms with Crippen molar-refractivity contribution in [1.29, 1.82) is 0 Å². The molecule has 3 N–H and O–H groups in total. The van der Waals surface area contributed by atoms with Crippen molar-refractivity contribution >= 4 is 11.6 Å². The molecular weight excluding hydrogens is 270 g/mol. The maximum atomic E-state index is 9.95. The SMILES string of the molecule is Cc1cccc(C(CN)(CO)Cc2ccccc2Cl)c1. The maximum absolute atomic E-state index is 9.95. The average Bonchev–Trinajstić information content (AvgIpc) is 2.47. The summed E-state index contributed by atoms with van der Waals surface area (Å²) in [4.78, 5) is 0. The highest BCUT2D eigenvalue weighted by atomic mass is 35.5. The summed E-state index contributed by atoms with van der Waals surface area (Å²) in [6, 6.07) is 15.9. The van der Waals surface area contributed by atoms with Gasteiger partial charge in [-0.15, -0.1) is 0 Å². The fourth-order valence-electron chi connectivity index (χ4n) is 2.49. The molecule has 3 heteroatoms. The third-order valence-electron chi connectivity index (χ3n) is 3.81. The van der Waals surface area contributed by atoms with Crippen molar-refractivity contribution in [3.8, 4) is 0 Å². The standard InChI is InChI=1S/C17H20ClNO/c1-13-5-4-7-15(9-13)17(11-19,12-20)10-14-6-2-3-8-16(14)18/h2-9,20H,10-12,19H2,1H3. The van der Waals surface area contributed by atoms with Crippen molar-refractivity contribution in [2.45, 2.75) is 18.8 Å². The number of rotatable bonds is 5. The summed E-state index contributed by atoms with van der Waals surface area (Å²) >= 11 is 6.24. The number of nitrogens with two attached hydrogens (primary N) is 1. The first-order chi connectivity index (χ1) is 9.61. The van der Waals surface area contributed by atoms with Crippen LogP contribution in [0.2, 0.25) is 5.02 Å². The van der Waals surface area contributed by atoms with E-state index in [0.29, 0.717) is 18.0 Å². The lowest BCUT2D eigenvalue weighted by atomic mass is 9.76. The largest absolute Gasteiger partial charge is 0.395 e. The van der Waals surface area contributed by atoms with Crippen LogP contribution in [0.4, 0.5) is 0 Å². The first kappa shape index (κ1) is 15.0. The summed E-state index contributed by atoms with van der Waals surface area (Å²) in [5.41, 5.74) is 8.73. The van der Waals surface area contributed by atoms with Crippen LogP contribution in [0.1, 0.15) is 16.7 Å². The fraction of sp³-hybridized carbons (Fsp3) is 0.294. The Labute approximate surface area is 125 Å². The van der Waals surface area contributed by atoms with Gasteiger partial charge in [0.2, 0.25) is 0 Å². The molecule has 2 rings (SSSR count). The molecule has 0 aliphatic rings. The lowest BCUT2D eigenvalue weighted by Gasteiger charge is -2.32. The van der Waals surface area contributed by atoms with E-state index in [1.54, 1.807) is 0 Å². The highest BCUT2D eigenvalue weighted by Crippen LogP contribution is 2.30.